The fourth-order valence-corrected chi connectivity index (χ4v) is 4.92. The van der Waals surface area contributed by atoms with E-state index < -0.39 is 0 Å². The third kappa shape index (κ3) is 6.25. The molecule has 2 aromatic carbocycles. The van der Waals surface area contributed by atoms with Gasteiger partial charge in [0.05, 0.1) is 5.92 Å². The van der Waals surface area contributed by atoms with E-state index in [-0.39, 0.29) is 11.8 Å². The first-order valence-electron chi connectivity index (χ1n) is 10.6. The Morgan fingerprint density at radius 3 is 2.88 bits per heavy atom. The smallest absolute Gasteiger partial charge is 0.224 e. The van der Waals surface area contributed by atoms with Crippen molar-refractivity contribution in [2.45, 2.75) is 24.5 Å². The minimum atomic E-state index is -0.00647. The Bertz CT molecular complexity index is 1050. The van der Waals surface area contributed by atoms with Gasteiger partial charge in [0, 0.05) is 41.0 Å². The van der Waals surface area contributed by atoms with E-state index in [1.165, 1.54) is 11.8 Å². The number of carbonyl (C=O) groups excluding carboxylic acids is 1. The van der Waals surface area contributed by atoms with E-state index in [2.05, 4.69) is 25.4 Å². The summed E-state index contributed by atoms with van der Waals surface area (Å²) in [5.41, 5.74) is 2.04. The average molecular weight is 490 g/mol. The van der Waals surface area contributed by atoms with Crippen molar-refractivity contribution >= 4 is 40.9 Å². The number of aromatic amines is 1. The second-order valence-corrected chi connectivity index (χ2v) is 9.69. The number of hydrogen-bond acceptors (Lipinski definition) is 5. The van der Waals surface area contributed by atoms with Gasteiger partial charge in [0.25, 0.3) is 0 Å². The van der Waals surface area contributed by atoms with E-state index in [0.29, 0.717) is 27.5 Å². The lowest BCUT2D eigenvalue weighted by Gasteiger charge is -2.32. The highest BCUT2D eigenvalue weighted by Gasteiger charge is 2.26. The molecule has 1 fully saturated rings. The van der Waals surface area contributed by atoms with Crippen LogP contribution in [0.15, 0.2) is 53.7 Å². The standard InChI is InChI=1S/C23H25Cl2N5OS/c24-19-9-8-17(20(25)13-19)14-30-11-4-7-18(15-30)22(31)26-10-12-32-23-27-21(28-29-23)16-5-2-1-3-6-16/h1-3,5-6,8-9,13,18H,4,7,10-12,14-15H2,(H,26,31)(H,27,28,29). The van der Waals surface area contributed by atoms with Gasteiger partial charge in [-0.2, -0.15) is 0 Å². The SMILES string of the molecule is O=C(NCCSc1n[nH]c(-c2ccccc2)n1)C1CCCN(Cc2ccc(Cl)cc2Cl)C1. The quantitative estimate of drug-likeness (QED) is 0.347. The number of thioether (sulfide) groups is 1. The van der Waals surface area contributed by atoms with Crippen molar-refractivity contribution in [3.05, 3.63) is 64.1 Å². The highest BCUT2D eigenvalue weighted by Crippen LogP contribution is 2.25. The molecule has 3 aromatic rings. The summed E-state index contributed by atoms with van der Waals surface area (Å²) in [5, 5.41) is 12.3. The van der Waals surface area contributed by atoms with Crippen LogP contribution in [0, 0.1) is 5.92 Å². The molecule has 0 spiro atoms. The minimum absolute atomic E-state index is 0.00647. The molecule has 2 heterocycles. The molecular weight excluding hydrogens is 465 g/mol. The first-order valence-corrected chi connectivity index (χ1v) is 12.4. The van der Waals surface area contributed by atoms with Crippen LogP contribution in [0.3, 0.4) is 0 Å². The number of aromatic nitrogens is 3. The summed E-state index contributed by atoms with van der Waals surface area (Å²) >= 11 is 13.8. The van der Waals surface area contributed by atoms with Crippen LogP contribution < -0.4 is 5.32 Å². The van der Waals surface area contributed by atoms with Crippen molar-refractivity contribution in [3.8, 4) is 11.4 Å². The molecule has 1 aromatic heterocycles. The molecule has 1 amide bonds. The number of benzene rings is 2. The predicted molar refractivity (Wildman–Crippen MR) is 130 cm³/mol. The number of piperidine rings is 1. The topological polar surface area (TPSA) is 73.9 Å². The molecule has 9 heteroatoms. The van der Waals surface area contributed by atoms with Crippen LogP contribution in [-0.2, 0) is 11.3 Å². The lowest BCUT2D eigenvalue weighted by Crippen LogP contribution is -2.43. The van der Waals surface area contributed by atoms with E-state index in [4.69, 9.17) is 23.2 Å². The molecular formula is C23H25Cl2N5OS. The molecule has 2 N–H and O–H groups in total. The van der Waals surface area contributed by atoms with Crippen LogP contribution in [0.1, 0.15) is 18.4 Å². The molecule has 1 saturated heterocycles. The maximum atomic E-state index is 12.7. The highest BCUT2D eigenvalue weighted by molar-refractivity contribution is 7.99. The molecule has 1 aliphatic rings. The Morgan fingerprint density at radius 2 is 2.06 bits per heavy atom. The summed E-state index contributed by atoms with van der Waals surface area (Å²) in [5.74, 6) is 1.57. The Labute approximate surface area is 202 Å². The van der Waals surface area contributed by atoms with Gasteiger partial charge in [0.15, 0.2) is 5.82 Å². The molecule has 1 atom stereocenters. The molecule has 4 rings (SSSR count). The molecule has 0 radical (unpaired) electrons. The van der Waals surface area contributed by atoms with Crippen molar-refractivity contribution in [1.82, 2.24) is 25.4 Å². The summed E-state index contributed by atoms with van der Waals surface area (Å²) in [6, 6.07) is 15.5. The van der Waals surface area contributed by atoms with Crippen molar-refractivity contribution in [2.24, 2.45) is 5.92 Å². The second-order valence-electron chi connectivity index (χ2n) is 7.78. The van der Waals surface area contributed by atoms with Crippen molar-refractivity contribution in [2.75, 3.05) is 25.4 Å². The Balaban J connectivity index is 1.21. The third-order valence-electron chi connectivity index (χ3n) is 5.43. The van der Waals surface area contributed by atoms with Gasteiger partial charge >= 0.3 is 0 Å². The lowest BCUT2D eigenvalue weighted by atomic mass is 9.96. The molecule has 168 valence electrons. The molecule has 32 heavy (non-hydrogen) atoms. The Kier molecular flexibility index (Phi) is 8.08. The van der Waals surface area contributed by atoms with Crippen LogP contribution in [0.2, 0.25) is 10.0 Å². The zero-order valence-electron chi connectivity index (χ0n) is 17.6. The van der Waals surface area contributed by atoms with E-state index in [1.54, 1.807) is 6.07 Å². The number of nitrogens with zero attached hydrogens (tertiary/aromatic N) is 3. The fraction of sp³-hybridized carbons (Fsp3) is 0.348. The number of halogens is 2. The van der Waals surface area contributed by atoms with Crippen molar-refractivity contribution in [3.63, 3.8) is 0 Å². The van der Waals surface area contributed by atoms with Crippen LogP contribution in [-0.4, -0.2) is 51.4 Å². The number of hydrogen-bond donors (Lipinski definition) is 2. The average Bonchev–Trinajstić information content (AvgIpc) is 3.28. The first-order chi connectivity index (χ1) is 15.6. The number of likely N-dealkylation sites (tertiary alicyclic amines) is 1. The summed E-state index contributed by atoms with van der Waals surface area (Å²) in [6.07, 6.45) is 1.91. The molecule has 0 saturated carbocycles. The van der Waals surface area contributed by atoms with Gasteiger partial charge in [-0.1, -0.05) is 71.4 Å². The molecule has 1 unspecified atom stereocenters. The summed E-state index contributed by atoms with van der Waals surface area (Å²) < 4.78 is 0. The van der Waals surface area contributed by atoms with Gasteiger partial charge in [-0.15, -0.1) is 5.10 Å². The Morgan fingerprint density at radius 1 is 1.22 bits per heavy atom. The van der Waals surface area contributed by atoms with E-state index in [9.17, 15) is 4.79 Å². The number of amides is 1. The van der Waals surface area contributed by atoms with E-state index >= 15 is 0 Å². The predicted octanol–water partition coefficient (Wildman–Crippen LogP) is 4.90. The van der Waals surface area contributed by atoms with Crippen LogP contribution in [0.25, 0.3) is 11.4 Å². The zero-order valence-corrected chi connectivity index (χ0v) is 19.9. The van der Waals surface area contributed by atoms with Crippen molar-refractivity contribution < 1.29 is 4.79 Å². The van der Waals surface area contributed by atoms with Crippen molar-refractivity contribution in [1.29, 1.82) is 0 Å². The van der Waals surface area contributed by atoms with Crippen LogP contribution in [0.4, 0.5) is 0 Å². The summed E-state index contributed by atoms with van der Waals surface area (Å²) in [6.45, 7) is 3.01. The monoisotopic (exact) mass is 489 g/mol. The molecule has 6 nitrogen and oxygen atoms in total. The van der Waals surface area contributed by atoms with Gasteiger partial charge in [0.2, 0.25) is 11.1 Å². The minimum Gasteiger partial charge on any atom is -0.355 e. The zero-order chi connectivity index (χ0) is 22.3. The van der Waals surface area contributed by atoms with Gasteiger partial charge in [-0.05, 0) is 37.1 Å². The molecule has 0 bridgehead atoms. The van der Waals surface area contributed by atoms with Gasteiger partial charge in [0.1, 0.15) is 0 Å². The second kappa shape index (κ2) is 11.2. The van der Waals surface area contributed by atoms with Crippen LogP contribution >= 0.6 is 35.0 Å². The first kappa shape index (κ1) is 23.1. The maximum absolute atomic E-state index is 12.7. The summed E-state index contributed by atoms with van der Waals surface area (Å²) in [7, 11) is 0. The Hall–Kier alpha value is -2.06. The van der Waals surface area contributed by atoms with Gasteiger partial charge in [-0.25, -0.2) is 4.98 Å². The van der Waals surface area contributed by atoms with Gasteiger partial charge < -0.3 is 5.32 Å². The molecule has 1 aliphatic heterocycles. The normalized spacial score (nSPS) is 16.8. The number of rotatable bonds is 8. The summed E-state index contributed by atoms with van der Waals surface area (Å²) in [4.78, 5) is 19.5. The third-order valence-corrected chi connectivity index (χ3v) is 6.87. The number of carbonyl (C=O) groups is 1. The van der Waals surface area contributed by atoms with E-state index in [0.717, 1.165) is 49.4 Å². The molecule has 0 aliphatic carbocycles. The maximum Gasteiger partial charge on any atom is 0.224 e. The van der Waals surface area contributed by atoms with Crippen LogP contribution in [0.5, 0.6) is 0 Å². The number of nitrogens with one attached hydrogen (secondary N) is 2. The van der Waals surface area contributed by atoms with Gasteiger partial charge in [-0.3, -0.25) is 14.8 Å². The number of H-pyrrole nitrogens is 1. The fourth-order valence-electron chi connectivity index (χ4n) is 3.80. The lowest BCUT2D eigenvalue weighted by molar-refractivity contribution is -0.126. The van der Waals surface area contributed by atoms with E-state index in [1.807, 2.05) is 42.5 Å². The highest BCUT2D eigenvalue weighted by atomic mass is 35.5. The largest absolute Gasteiger partial charge is 0.355 e.